The summed E-state index contributed by atoms with van der Waals surface area (Å²) in [5, 5.41) is 13.1. The maximum atomic E-state index is 12.9. The average molecular weight is 305 g/mol. The normalized spacial score (nSPS) is 11.7. The molecule has 5 nitrogen and oxygen atoms in total. The molecule has 0 bridgehead atoms. The third-order valence-electron chi connectivity index (χ3n) is 1.89. The van der Waals surface area contributed by atoms with E-state index in [0.717, 1.165) is 6.07 Å². The molecule has 17 heavy (non-hydrogen) atoms. The summed E-state index contributed by atoms with van der Waals surface area (Å²) in [5.74, 6) is -1.66. The van der Waals surface area contributed by atoms with Crippen molar-refractivity contribution < 1.29 is 19.1 Å². The summed E-state index contributed by atoms with van der Waals surface area (Å²) in [4.78, 5) is 21.9. The Hall–Kier alpha value is -1.63. The van der Waals surface area contributed by atoms with Gasteiger partial charge in [-0.05, 0) is 41.1 Å². The van der Waals surface area contributed by atoms with Gasteiger partial charge in [0.1, 0.15) is 11.9 Å². The quantitative estimate of drug-likeness (QED) is 0.801. The first-order chi connectivity index (χ1) is 7.90. The molecule has 0 fully saturated rings. The van der Waals surface area contributed by atoms with Crippen molar-refractivity contribution in [2.24, 2.45) is 0 Å². The lowest BCUT2D eigenvalue weighted by Gasteiger charge is -2.11. The van der Waals surface area contributed by atoms with E-state index in [0.29, 0.717) is 4.47 Å². The summed E-state index contributed by atoms with van der Waals surface area (Å²) in [6, 6.07) is 2.04. The lowest BCUT2D eigenvalue weighted by molar-refractivity contribution is -0.138. The van der Waals surface area contributed by atoms with Gasteiger partial charge in [-0.2, -0.15) is 0 Å². The van der Waals surface area contributed by atoms with Crippen LogP contribution in [0.25, 0.3) is 0 Å². The first-order valence-electron chi connectivity index (χ1n) is 4.65. The topological polar surface area (TPSA) is 78.4 Å². The fourth-order valence-corrected chi connectivity index (χ4v) is 1.36. The van der Waals surface area contributed by atoms with Gasteiger partial charge >= 0.3 is 12.0 Å². The Balaban J connectivity index is 2.68. The van der Waals surface area contributed by atoms with E-state index in [1.165, 1.54) is 19.1 Å². The number of hydrogen-bond donors (Lipinski definition) is 3. The molecule has 1 atom stereocenters. The molecule has 0 aliphatic rings. The Morgan fingerprint density at radius 1 is 1.47 bits per heavy atom. The molecule has 0 spiro atoms. The minimum Gasteiger partial charge on any atom is -0.480 e. The molecule has 0 aromatic heterocycles. The molecule has 0 saturated heterocycles. The lowest BCUT2D eigenvalue weighted by atomic mass is 10.3. The molecule has 0 aliphatic carbocycles. The molecule has 0 saturated carbocycles. The van der Waals surface area contributed by atoms with Crippen molar-refractivity contribution in [3.63, 3.8) is 0 Å². The molecule has 3 N–H and O–H groups in total. The fourth-order valence-electron chi connectivity index (χ4n) is 1.01. The highest BCUT2D eigenvalue weighted by Gasteiger charge is 2.14. The molecule has 1 aromatic carbocycles. The van der Waals surface area contributed by atoms with Crippen molar-refractivity contribution >= 4 is 33.6 Å². The lowest BCUT2D eigenvalue weighted by Crippen LogP contribution is -2.40. The van der Waals surface area contributed by atoms with Crippen LogP contribution in [0.2, 0.25) is 0 Å². The monoisotopic (exact) mass is 304 g/mol. The van der Waals surface area contributed by atoms with Gasteiger partial charge in [-0.25, -0.2) is 9.18 Å². The number of hydrogen-bond acceptors (Lipinski definition) is 2. The van der Waals surface area contributed by atoms with Gasteiger partial charge in [0, 0.05) is 4.47 Å². The number of amides is 2. The molecular weight excluding hydrogens is 295 g/mol. The molecule has 0 radical (unpaired) electrons. The Bertz CT molecular complexity index is 453. The van der Waals surface area contributed by atoms with Gasteiger partial charge in [-0.3, -0.25) is 4.79 Å². The number of aliphatic carboxylic acids is 1. The van der Waals surface area contributed by atoms with Gasteiger partial charge in [-0.15, -0.1) is 0 Å². The summed E-state index contributed by atoms with van der Waals surface area (Å²) < 4.78 is 13.4. The summed E-state index contributed by atoms with van der Waals surface area (Å²) >= 11 is 3.13. The van der Waals surface area contributed by atoms with Gasteiger partial charge in [0.2, 0.25) is 0 Å². The number of carbonyl (C=O) groups is 2. The highest BCUT2D eigenvalue weighted by Crippen LogP contribution is 2.22. The molecule has 7 heteroatoms. The largest absolute Gasteiger partial charge is 0.480 e. The van der Waals surface area contributed by atoms with Crippen molar-refractivity contribution in [3.8, 4) is 0 Å². The van der Waals surface area contributed by atoms with E-state index in [1.54, 1.807) is 0 Å². The van der Waals surface area contributed by atoms with Crippen LogP contribution in [-0.2, 0) is 4.79 Å². The molecule has 2 amide bonds. The maximum Gasteiger partial charge on any atom is 0.325 e. The smallest absolute Gasteiger partial charge is 0.325 e. The summed E-state index contributed by atoms with van der Waals surface area (Å²) in [6.45, 7) is 1.32. The van der Waals surface area contributed by atoms with Crippen molar-refractivity contribution in [2.75, 3.05) is 5.32 Å². The van der Waals surface area contributed by atoms with Crippen LogP contribution in [0.15, 0.2) is 22.7 Å². The van der Waals surface area contributed by atoms with E-state index in [-0.39, 0.29) is 5.69 Å². The Morgan fingerprint density at radius 3 is 2.71 bits per heavy atom. The fraction of sp³-hybridized carbons (Fsp3) is 0.200. The number of rotatable bonds is 3. The van der Waals surface area contributed by atoms with Crippen LogP contribution in [0.3, 0.4) is 0 Å². The van der Waals surface area contributed by atoms with Crippen molar-refractivity contribution in [3.05, 3.63) is 28.5 Å². The van der Waals surface area contributed by atoms with Crippen LogP contribution in [0.4, 0.5) is 14.9 Å². The van der Waals surface area contributed by atoms with Gasteiger partial charge in [0.05, 0.1) is 5.69 Å². The van der Waals surface area contributed by atoms with Crippen LogP contribution in [0.1, 0.15) is 6.92 Å². The van der Waals surface area contributed by atoms with Crippen LogP contribution in [-0.4, -0.2) is 23.1 Å². The molecule has 92 valence electrons. The second kappa shape index (κ2) is 5.62. The summed E-state index contributed by atoms with van der Waals surface area (Å²) in [7, 11) is 0. The van der Waals surface area contributed by atoms with E-state index in [9.17, 15) is 14.0 Å². The zero-order valence-electron chi connectivity index (χ0n) is 8.83. The standard InChI is InChI=1S/C10H10BrFN2O3/c1-5(9(15)16)13-10(17)14-8-4-6(12)2-3-7(8)11/h2-5H,1H3,(H,15,16)(H2,13,14,17)/t5-/m1/s1. The Labute approximate surface area is 105 Å². The third kappa shape index (κ3) is 4.03. The van der Waals surface area contributed by atoms with Crippen molar-refractivity contribution in [1.29, 1.82) is 0 Å². The third-order valence-corrected chi connectivity index (χ3v) is 2.59. The molecular formula is C10H10BrFN2O3. The molecule has 0 unspecified atom stereocenters. The van der Waals surface area contributed by atoms with Crippen LogP contribution in [0, 0.1) is 5.82 Å². The predicted molar refractivity (Wildman–Crippen MR) is 63.4 cm³/mol. The van der Waals surface area contributed by atoms with E-state index in [2.05, 4.69) is 26.6 Å². The minimum absolute atomic E-state index is 0.222. The zero-order chi connectivity index (χ0) is 13.0. The van der Waals surface area contributed by atoms with Gasteiger partial charge in [-0.1, -0.05) is 0 Å². The number of carboxylic acid groups (broad SMARTS) is 1. The Morgan fingerprint density at radius 2 is 2.12 bits per heavy atom. The second-order valence-corrected chi connectivity index (χ2v) is 4.14. The number of benzene rings is 1. The summed E-state index contributed by atoms with van der Waals surface area (Å²) in [6.07, 6.45) is 0. The first kappa shape index (κ1) is 13.4. The molecule has 1 aromatic rings. The van der Waals surface area contributed by atoms with Gasteiger partial charge < -0.3 is 15.7 Å². The number of urea groups is 1. The SMILES string of the molecule is C[C@@H](NC(=O)Nc1cc(F)ccc1Br)C(=O)O. The van der Waals surface area contributed by atoms with E-state index in [4.69, 9.17) is 5.11 Å². The number of nitrogens with one attached hydrogen (secondary N) is 2. The van der Waals surface area contributed by atoms with Crippen molar-refractivity contribution in [2.45, 2.75) is 13.0 Å². The highest BCUT2D eigenvalue weighted by molar-refractivity contribution is 9.10. The van der Waals surface area contributed by atoms with E-state index >= 15 is 0 Å². The summed E-state index contributed by atoms with van der Waals surface area (Å²) in [5.41, 5.74) is 0.222. The number of carboxylic acids is 1. The number of halogens is 2. The Kier molecular flexibility index (Phi) is 4.45. The van der Waals surface area contributed by atoms with E-state index in [1.807, 2.05) is 0 Å². The number of anilines is 1. The van der Waals surface area contributed by atoms with Crippen molar-refractivity contribution in [1.82, 2.24) is 5.32 Å². The highest BCUT2D eigenvalue weighted by atomic mass is 79.9. The van der Waals surface area contributed by atoms with Crippen LogP contribution >= 0.6 is 15.9 Å². The number of carbonyl (C=O) groups excluding carboxylic acids is 1. The maximum absolute atomic E-state index is 12.9. The molecule has 0 aliphatic heterocycles. The molecule has 1 rings (SSSR count). The zero-order valence-corrected chi connectivity index (χ0v) is 10.4. The molecule has 0 heterocycles. The van der Waals surface area contributed by atoms with Gasteiger partial charge in [0.15, 0.2) is 0 Å². The second-order valence-electron chi connectivity index (χ2n) is 3.28. The van der Waals surface area contributed by atoms with E-state index < -0.39 is 23.9 Å². The van der Waals surface area contributed by atoms with Crippen LogP contribution < -0.4 is 10.6 Å². The van der Waals surface area contributed by atoms with Gasteiger partial charge in [0.25, 0.3) is 0 Å². The first-order valence-corrected chi connectivity index (χ1v) is 5.45. The van der Waals surface area contributed by atoms with Crippen LogP contribution in [0.5, 0.6) is 0 Å². The average Bonchev–Trinajstić information content (AvgIpc) is 2.23. The predicted octanol–water partition coefficient (Wildman–Crippen LogP) is 2.18. The minimum atomic E-state index is -1.15.